The first-order valence-electron chi connectivity index (χ1n) is 3.99. The van der Waals surface area contributed by atoms with Crippen molar-refractivity contribution in [3.8, 4) is 0 Å². The van der Waals surface area contributed by atoms with Crippen molar-refractivity contribution in [2.24, 2.45) is 0 Å². The van der Waals surface area contributed by atoms with E-state index in [0.29, 0.717) is 17.4 Å². The molecule has 1 rings (SSSR count). The van der Waals surface area contributed by atoms with Crippen LogP contribution in [0.5, 0.6) is 0 Å². The van der Waals surface area contributed by atoms with Gasteiger partial charge in [-0.2, -0.15) is 0 Å². The largest absolute Gasteiger partial charge is 0.396 e. The fourth-order valence-corrected chi connectivity index (χ4v) is 1.71. The van der Waals surface area contributed by atoms with E-state index in [9.17, 15) is 0 Å². The Morgan fingerprint density at radius 1 is 1.38 bits per heavy atom. The predicted molar refractivity (Wildman–Crippen MR) is 53.7 cm³/mol. The SMILES string of the molecule is Cc1nc(N)c(C)c(SCCO)n1. The normalized spacial score (nSPS) is 10.4. The van der Waals surface area contributed by atoms with Crippen molar-refractivity contribution >= 4 is 17.6 Å². The Bertz CT molecular complexity index is 304. The quantitative estimate of drug-likeness (QED) is 0.555. The standard InChI is InChI=1S/C8H13N3OS/c1-5-7(9)10-6(2)11-8(5)13-4-3-12/h12H,3-4H2,1-2H3,(H2,9,10,11). The van der Waals surface area contributed by atoms with Crippen LogP contribution in [0, 0.1) is 13.8 Å². The Balaban J connectivity index is 2.92. The molecule has 0 atom stereocenters. The third-order valence-electron chi connectivity index (χ3n) is 1.58. The Labute approximate surface area is 81.6 Å². The van der Waals surface area contributed by atoms with Gasteiger partial charge in [0.15, 0.2) is 0 Å². The number of hydrogen-bond acceptors (Lipinski definition) is 5. The Morgan fingerprint density at radius 3 is 2.69 bits per heavy atom. The summed E-state index contributed by atoms with van der Waals surface area (Å²) in [6.45, 7) is 3.83. The number of hydrogen-bond donors (Lipinski definition) is 2. The average molecular weight is 199 g/mol. The molecule has 72 valence electrons. The van der Waals surface area contributed by atoms with Crippen molar-refractivity contribution in [2.75, 3.05) is 18.1 Å². The van der Waals surface area contributed by atoms with Gasteiger partial charge in [-0.3, -0.25) is 0 Å². The molecular formula is C8H13N3OS. The lowest BCUT2D eigenvalue weighted by atomic mass is 10.3. The third kappa shape index (κ3) is 2.57. The second-order valence-corrected chi connectivity index (χ2v) is 3.74. The number of rotatable bonds is 3. The molecule has 13 heavy (non-hydrogen) atoms. The summed E-state index contributed by atoms with van der Waals surface area (Å²) in [5.41, 5.74) is 6.56. The van der Waals surface area contributed by atoms with E-state index in [1.165, 1.54) is 11.8 Å². The van der Waals surface area contributed by atoms with E-state index >= 15 is 0 Å². The molecule has 0 unspecified atom stereocenters. The number of aromatic nitrogens is 2. The minimum absolute atomic E-state index is 0.146. The second-order valence-electron chi connectivity index (χ2n) is 2.66. The fourth-order valence-electron chi connectivity index (χ4n) is 0.906. The Hall–Kier alpha value is -0.810. The molecule has 4 nitrogen and oxygen atoms in total. The molecule has 0 aromatic carbocycles. The van der Waals surface area contributed by atoms with E-state index in [2.05, 4.69) is 9.97 Å². The molecule has 1 aromatic rings. The van der Waals surface area contributed by atoms with E-state index in [1.807, 2.05) is 6.92 Å². The van der Waals surface area contributed by atoms with Gasteiger partial charge in [0.2, 0.25) is 0 Å². The van der Waals surface area contributed by atoms with Crippen LogP contribution in [0.3, 0.4) is 0 Å². The smallest absolute Gasteiger partial charge is 0.131 e. The summed E-state index contributed by atoms with van der Waals surface area (Å²) in [5, 5.41) is 9.52. The zero-order chi connectivity index (χ0) is 9.84. The van der Waals surface area contributed by atoms with E-state index in [0.717, 1.165) is 10.6 Å². The zero-order valence-corrected chi connectivity index (χ0v) is 8.56. The van der Waals surface area contributed by atoms with Crippen LogP contribution in [-0.4, -0.2) is 27.4 Å². The molecule has 1 heterocycles. The van der Waals surface area contributed by atoms with Crippen LogP contribution < -0.4 is 5.73 Å². The van der Waals surface area contributed by atoms with E-state index in [1.54, 1.807) is 6.92 Å². The van der Waals surface area contributed by atoms with Crippen LogP contribution in [0.15, 0.2) is 5.03 Å². The maximum Gasteiger partial charge on any atom is 0.131 e. The van der Waals surface area contributed by atoms with Crippen molar-refractivity contribution in [1.82, 2.24) is 9.97 Å². The van der Waals surface area contributed by atoms with Crippen LogP contribution in [0.1, 0.15) is 11.4 Å². The van der Waals surface area contributed by atoms with Crippen LogP contribution >= 0.6 is 11.8 Å². The van der Waals surface area contributed by atoms with Crippen molar-refractivity contribution < 1.29 is 5.11 Å². The highest BCUT2D eigenvalue weighted by Gasteiger charge is 2.06. The van der Waals surface area contributed by atoms with Gasteiger partial charge in [0.25, 0.3) is 0 Å². The predicted octanol–water partition coefficient (Wildman–Crippen LogP) is 0.760. The summed E-state index contributed by atoms with van der Waals surface area (Å²) in [7, 11) is 0. The molecule has 0 saturated carbocycles. The molecule has 1 aromatic heterocycles. The number of aliphatic hydroxyl groups excluding tert-OH is 1. The van der Waals surface area contributed by atoms with Gasteiger partial charge in [-0.25, -0.2) is 9.97 Å². The highest BCUT2D eigenvalue weighted by atomic mass is 32.2. The molecule has 0 saturated heterocycles. The minimum Gasteiger partial charge on any atom is -0.396 e. The molecule has 0 amide bonds. The molecule has 5 heteroatoms. The minimum atomic E-state index is 0.146. The van der Waals surface area contributed by atoms with Gasteiger partial charge < -0.3 is 10.8 Å². The maximum absolute atomic E-state index is 8.66. The molecule has 0 aliphatic rings. The molecule has 0 fully saturated rings. The monoisotopic (exact) mass is 199 g/mol. The van der Waals surface area contributed by atoms with Crippen molar-refractivity contribution in [1.29, 1.82) is 0 Å². The number of nitrogens with two attached hydrogens (primary N) is 1. The zero-order valence-electron chi connectivity index (χ0n) is 7.74. The molecule has 0 radical (unpaired) electrons. The summed E-state index contributed by atoms with van der Waals surface area (Å²) >= 11 is 1.49. The summed E-state index contributed by atoms with van der Waals surface area (Å²) < 4.78 is 0. The number of aliphatic hydroxyl groups is 1. The number of anilines is 1. The molecular weight excluding hydrogens is 186 g/mol. The second kappa shape index (κ2) is 4.43. The molecule has 0 aliphatic carbocycles. The lowest BCUT2D eigenvalue weighted by molar-refractivity contribution is 0.322. The van der Waals surface area contributed by atoms with Gasteiger partial charge in [-0.05, 0) is 13.8 Å². The van der Waals surface area contributed by atoms with Gasteiger partial charge in [-0.1, -0.05) is 0 Å². The third-order valence-corrected chi connectivity index (χ3v) is 2.64. The van der Waals surface area contributed by atoms with Crippen molar-refractivity contribution in [3.63, 3.8) is 0 Å². The van der Waals surface area contributed by atoms with Gasteiger partial charge in [0.05, 0.1) is 6.61 Å². The first-order chi connectivity index (χ1) is 6.15. The number of nitrogen functional groups attached to an aromatic ring is 1. The average Bonchev–Trinajstić information content (AvgIpc) is 2.09. The summed E-state index contributed by atoms with van der Waals surface area (Å²) in [4.78, 5) is 8.26. The number of aryl methyl sites for hydroxylation is 1. The van der Waals surface area contributed by atoms with E-state index in [-0.39, 0.29) is 6.61 Å². The van der Waals surface area contributed by atoms with Crippen LogP contribution in [-0.2, 0) is 0 Å². The Morgan fingerprint density at radius 2 is 2.08 bits per heavy atom. The van der Waals surface area contributed by atoms with Gasteiger partial charge in [0.1, 0.15) is 16.7 Å². The molecule has 3 N–H and O–H groups in total. The molecule has 0 aliphatic heterocycles. The lowest BCUT2D eigenvalue weighted by Gasteiger charge is -2.06. The Kier molecular flexibility index (Phi) is 3.50. The fraction of sp³-hybridized carbons (Fsp3) is 0.500. The highest BCUT2D eigenvalue weighted by Crippen LogP contribution is 2.22. The van der Waals surface area contributed by atoms with E-state index in [4.69, 9.17) is 10.8 Å². The highest BCUT2D eigenvalue weighted by molar-refractivity contribution is 7.99. The van der Waals surface area contributed by atoms with Crippen LogP contribution in [0.2, 0.25) is 0 Å². The number of thioether (sulfide) groups is 1. The summed E-state index contributed by atoms with van der Waals surface area (Å²) in [6.07, 6.45) is 0. The lowest BCUT2D eigenvalue weighted by Crippen LogP contribution is -2.02. The number of nitrogens with zero attached hydrogens (tertiary/aromatic N) is 2. The van der Waals surface area contributed by atoms with Gasteiger partial charge in [0, 0.05) is 11.3 Å². The summed E-state index contributed by atoms with van der Waals surface area (Å²) in [6, 6.07) is 0. The topological polar surface area (TPSA) is 72.0 Å². The van der Waals surface area contributed by atoms with Crippen LogP contribution in [0.4, 0.5) is 5.82 Å². The molecule has 0 bridgehead atoms. The van der Waals surface area contributed by atoms with E-state index < -0.39 is 0 Å². The van der Waals surface area contributed by atoms with Crippen molar-refractivity contribution in [3.05, 3.63) is 11.4 Å². The summed E-state index contributed by atoms with van der Waals surface area (Å²) in [5.74, 6) is 1.83. The first-order valence-corrected chi connectivity index (χ1v) is 4.98. The van der Waals surface area contributed by atoms with Crippen LogP contribution in [0.25, 0.3) is 0 Å². The van der Waals surface area contributed by atoms with Crippen molar-refractivity contribution in [2.45, 2.75) is 18.9 Å². The van der Waals surface area contributed by atoms with Gasteiger partial charge >= 0.3 is 0 Å². The first kappa shape index (κ1) is 10.3. The molecule has 0 spiro atoms. The maximum atomic E-state index is 8.66. The van der Waals surface area contributed by atoms with Gasteiger partial charge in [-0.15, -0.1) is 11.8 Å².